The van der Waals surface area contributed by atoms with Crippen molar-refractivity contribution in [3.63, 3.8) is 0 Å². The molecule has 0 spiro atoms. The second kappa shape index (κ2) is 5.83. The second-order valence-electron chi connectivity index (χ2n) is 1.05. The van der Waals surface area contributed by atoms with Crippen molar-refractivity contribution in [2.75, 3.05) is 0 Å². The molecule has 0 amide bonds. The Morgan fingerprint density at radius 1 is 1.67 bits per heavy atom. The molecule has 0 fully saturated rings. The first-order chi connectivity index (χ1) is 2.27. The predicted molar refractivity (Wildman–Crippen MR) is 25.0 cm³/mol. The summed E-state index contributed by atoms with van der Waals surface area (Å²) >= 11 is 0. The van der Waals surface area contributed by atoms with Gasteiger partial charge in [0.1, 0.15) is 0 Å². The molecular weight excluding hydrogens is 204 g/mol. The number of rotatable bonds is 1. The van der Waals surface area contributed by atoms with Crippen molar-refractivity contribution in [3.05, 3.63) is 24.8 Å². The van der Waals surface area contributed by atoms with Crippen molar-refractivity contribution in [1.82, 2.24) is 0 Å². The number of allylic oxidation sites excluding steroid dienone is 2. The summed E-state index contributed by atoms with van der Waals surface area (Å²) in [6.07, 6.45) is 1.72. The van der Waals surface area contributed by atoms with E-state index in [1.807, 2.05) is 6.92 Å². The molecule has 0 aliphatic carbocycles. The standard InChI is InChI=1S/C5H8.Nd/c1-4-5(2)3;/h4H,1-2H2,3H3;. The van der Waals surface area contributed by atoms with Crippen LogP contribution >= 0.6 is 0 Å². The van der Waals surface area contributed by atoms with Gasteiger partial charge in [0.2, 0.25) is 0 Å². The Morgan fingerprint density at radius 2 is 1.83 bits per heavy atom. The zero-order chi connectivity index (χ0) is 4.28. The third-order valence-electron chi connectivity index (χ3n) is 0.348. The van der Waals surface area contributed by atoms with Gasteiger partial charge < -0.3 is 0 Å². The number of hydrogen-bond acceptors (Lipinski definition) is 0. The van der Waals surface area contributed by atoms with E-state index in [1.54, 1.807) is 6.08 Å². The Hall–Kier alpha value is 0.831. The van der Waals surface area contributed by atoms with Crippen LogP contribution in [0.3, 0.4) is 0 Å². The molecule has 0 aromatic rings. The summed E-state index contributed by atoms with van der Waals surface area (Å²) in [5, 5.41) is 0. The van der Waals surface area contributed by atoms with Crippen molar-refractivity contribution >= 4 is 0 Å². The molecule has 0 saturated carbocycles. The van der Waals surface area contributed by atoms with Gasteiger partial charge in [-0.1, -0.05) is 24.8 Å². The molecule has 0 rings (SSSR count). The molecule has 0 aliphatic heterocycles. The zero-order valence-electron chi connectivity index (χ0n) is 3.99. The van der Waals surface area contributed by atoms with Crippen LogP contribution in [0.5, 0.6) is 0 Å². The molecule has 0 aromatic heterocycles. The molecule has 32 valence electrons. The van der Waals surface area contributed by atoms with Crippen molar-refractivity contribution < 1.29 is 40.8 Å². The molecule has 0 heterocycles. The van der Waals surface area contributed by atoms with Crippen LogP contribution in [0.2, 0.25) is 0 Å². The average Bonchev–Trinajstić information content (AvgIpc) is 1.38. The van der Waals surface area contributed by atoms with E-state index >= 15 is 0 Å². The van der Waals surface area contributed by atoms with Crippen LogP contribution in [-0.4, -0.2) is 0 Å². The molecule has 0 bridgehead atoms. The molecule has 0 atom stereocenters. The Labute approximate surface area is 71.8 Å². The van der Waals surface area contributed by atoms with Crippen LogP contribution in [0.1, 0.15) is 6.92 Å². The maximum Gasteiger partial charge on any atom is 0 e. The number of hydrogen-bond donors (Lipinski definition) is 0. The average molecular weight is 212 g/mol. The first-order valence-corrected chi connectivity index (χ1v) is 1.55. The summed E-state index contributed by atoms with van der Waals surface area (Å²) in [6.45, 7) is 8.93. The van der Waals surface area contributed by atoms with Gasteiger partial charge in [0.05, 0.1) is 0 Å². The maximum atomic E-state index is 3.56. The van der Waals surface area contributed by atoms with Crippen molar-refractivity contribution in [1.29, 1.82) is 0 Å². The third kappa shape index (κ3) is 8.85. The fraction of sp³-hybridized carbons (Fsp3) is 0.200. The predicted octanol–water partition coefficient (Wildman–Crippen LogP) is 1.75. The SMILES string of the molecule is C=CC(=C)C.[Nd]. The first kappa shape index (κ1) is 9.95. The van der Waals surface area contributed by atoms with Gasteiger partial charge >= 0.3 is 0 Å². The minimum atomic E-state index is 0. The van der Waals surface area contributed by atoms with Gasteiger partial charge in [0.15, 0.2) is 0 Å². The monoisotopic (exact) mass is 210 g/mol. The smallest absolute Gasteiger partial charge is 0 e. The van der Waals surface area contributed by atoms with Gasteiger partial charge in [-0.15, -0.1) is 0 Å². The summed E-state index contributed by atoms with van der Waals surface area (Å²) in [6, 6.07) is 0. The molecule has 0 nitrogen and oxygen atoms in total. The van der Waals surface area contributed by atoms with E-state index in [1.165, 1.54) is 0 Å². The quantitative estimate of drug-likeness (QED) is 0.581. The normalized spacial score (nSPS) is 5.50. The summed E-state index contributed by atoms with van der Waals surface area (Å²) in [4.78, 5) is 0. The maximum absolute atomic E-state index is 3.56. The topological polar surface area (TPSA) is 0 Å². The van der Waals surface area contributed by atoms with Gasteiger partial charge in [0, 0.05) is 40.8 Å². The van der Waals surface area contributed by atoms with E-state index in [9.17, 15) is 0 Å². The molecule has 0 aliphatic rings. The Bertz CT molecular complexity index is 55.0. The minimum absolute atomic E-state index is 0. The first-order valence-electron chi connectivity index (χ1n) is 1.55. The largest absolute Gasteiger partial charge is 0.0988 e. The molecule has 1 heteroatoms. The Balaban J connectivity index is 0. The van der Waals surface area contributed by atoms with E-state index < -0.39 is 0 Å². The van der Waals surface area contributed by atoms with Gasteiger partial charge in [-0.3, -0.25) is 0 Å². The summed E-state index contributed by atoms with van der Waals surface area (Å²) in [5.41, 5.74) is 1.02. The Morgan fingerprint density at radius 3 is 1.83 bits per heavy atom. The van der Waals surface area contributed by atoms with E-state index in [4.69, 9.17) is 0 Å². The molecule has 0 aromatic carbocycles. The van der Waals surface area contributed by atoms with Gasteiger partial charge in [-0.2, -0.15) is 0 Å². The van der Waals surface area contributed by atoms with Crippen molar-refractivity contribution in [3.8, 4) is 0 Å². The van der Waals surface area contributed by atoms with Crippen molar-refractivity contribution in [2.45, 2.75) is 6.92 Å². The fourth-order valence-electron chi connectivity index (χ4n) is 0. The zero-order valence-corrected chi connectivity index (χ0v) is 7.20. The summed E-state index contributed by atoms with van der Waals surface area (Å²) in [5.74, 6) is 0. The van der Waals surface area contributed by atoms with Crippen LogP contribution in [0.15, 0.2) is 24.8 Å². The molecule has 0 N–H and O–H groups in total. The van der Waals surface area contributed by atoms with Gasteiger partial charge in [-0.25, -0.2) is 0 Å². The molecule has 0 unspecified atom stereocenters. The van der Waals surface area contributed by atoms with E-state index in [0.29, 0.717) is 0 Å². The fourth-order valence-corrected chi connectivity index (χ4v) is 0. The molecule has 0 saturated heterocycles. The molecule has 6 heavy (non-hydrogen) atoms. The summed E-state index contributed by atoms with van der Waals surface area (Å²) < 4.78 is 0. The van der Waals surface area contributed by atoms with Crippen LogP contribution < -0.4 is 0 Å². The van der Waals surface area contributed by atoms with E-state index in [0.717, 1.165) is 5.57 Å². The van der Waals surface area contributed by atoms with Crippen LogP contribution in [0, 0.1) is 40.8 Å². The van der Waals surface area contributed by atoms with Gasteiger partial charge in [-0.05, 0) is 6.92 Å². The Kier molecular flexibility index (Phi) is 9.67. The molecular formula is C5H8Nd. The second-order valence-corrected chi connectivity index (χ2v) is 1.05. The van der Waals surface area contributed by atoms with E-state index in [2.05, 4.69) is 13.2 Å². The minimum Gasteiger partial charge on any atom is -0.0988 e. The van der Waals surface area contributed by atoms with Crippen LogP contribution in [-0.2, 0) is 0 Å². The van der Waals surface area contributed by atoms with Crippen LogP contribution in [0.4, 0.5) is 0 Å². The van der Waals surface area contributed by atoms with E-state index in [-0.39, 0.29) is 40.8 Å². The summed E-state index contributed by atoms with van der Waals surface area (Å²) in [7, 11) is 0. The molecule has 0 radical (unpaired) electrons. The third-order valence-corrected chi connectivity index (χ3v) is 0.348. The van der Waals surface area contributed by atoms with Crippen molar-refractivity contribution in [2.24, 2.45) is 0 Å². The van der Waals surface area contributed by atoms with Gasteiger partial charge in [0.25, 0.3) is 0 Å². The van der Waals surface area contributed by atoms with Crippen LogP contribution in [0.25, 0.3) is 0 Å².